The maximum absolute atomic E-state index is 13.2. The summed E-state index contributed by atoms with van der Waals surface area (Å²) in [5.74, 6) is -0.978. The normalized spacial score (nSPS) is 11.9. The predicted octanol–water partition coefficient (Wildman–Crippen LogP) is 8.16. The minimum atomic E-state index is -0.447. The van der Waals surface area contributed by atoms with Gasteiger partial charge in [0.2, 0.25) is 5.91 Å². The maximum Gasteiger partial charge on any atom is 0.272 e. The number of amides is 3. The van der Waals surface area contributed by atoms with Crippen LogP contribution in [-0.2, 0) is 9.59 Å². The Balaban J connectivity index is 1.18. The second-order valence-corrected chi connectivity index (χ2v) is 13.3. The van der Waals surface area contributed by atoms with Crippen LogP contribution in [0.3, 0.4) is 0 Å². The molecule has 0 radical (unpaired) electrons. The molecule has 5 rings (SSSR count). The number of hydrogen-bond acceptors (Lipinski definition) is 7. The maximum atomic E-state index is 13.2. The van der Waals surface area contributed by atoms with Gasteiger partial charge >= 0.3 is 0 Å². The van der Waals surface area contributed by atoms with E-state index in [1.165, 1.54) is 34.4 Å². The highest BCUT2D eigenvalue weighted by atomic mass is 79.9. The molecule has 0 aliphatic carbocycles. The molecule has 11 heteroatoms. The molecule has 0 aliphatic heterocycles. The molecule has 0 bridgehead atoms. The summed E-state index contributed by atoms with van der Waals surface area (Å²) in [6.45, 7) is 1.83. The highest BCUT2D eigenvalue weighted by Crippen LogP contribution is 2.29. The number of rotatable bonds is 10. The molecule has 3 aromatic carbocycles. The Morgan fingerprint density at radius 1 is 0.884 bits per heavy atom. The summed E-state index contributed by atoms with van der Waals surface area (Å²) >= 11 is 7.67. The summed E-state index contributed by atoms with van der Waals surface area (Å²) in [4.78, 5) is 45.0. The van der Waals surface area contributed by atoms with E-state index in [1.54, 1.807) is 42.5 Å². The third kappa shape index (κ3) is 8.51. The van der Waals surface area contributed by atoms with Crippen molar-refractivity contribution in [2.75, 3.05) is 10.6 Å². The van der Waals surface area contributed by atoms with E-state index in [-0.39, 0.29) is 22.8 Å². The predicted molar refractivity (Wildman–Crippen MR) is 180 cm³/mol. The van der Waals surface area contributed by atoms with Crippen molar-refractivity contribution in [3.63, 3.8) is 0 Å². The van der Waals surface area contributed by atoms with E-state index in [1.807, 2.05) is 72.3 Å². The highest BCUT2D eigenvalue weighted by molar-refractivity contribution is 9.10. The zero-order valence-corrected chi connectivity index (χ0v) is 26.8. The summed E-state index contributed by atoms with van der Waals surface area (Å²) in [5.41, 5.74) is 2.92. The molecule has 7 nitrogen and oxygen atoms in total. The molecule has 43 heavy (non-hydrogen) atoms. The number of thioether (sulfide) groups is 1. The van der Waals surface area contributed by atoms with Crippen LogP contribution in [0, 0.1) is 0 Å². The number of thiophene rings is 1. The molecule has 0 spiro atoms. The summed E-state index contributed by atoms with van der Waals surface area (Å²) in [6.07, 6.45) is 1.65. The molecular weight excluding hydrogens is 664 g/mol. The first-order valence-corrected chi connectivity index (χ1v) is 16.5. The van der Waals surface area contributed by atoms with Crippen molar-refractivity contribution >= 4 is 85.0 Å². The second kappa shape index (κ2) is 14.4. The lowest BCUT2D eigenvalue weighted by molar-refractivity contribution is -0.115. The highest BCUT2D eigenvalue weighted by Gasteiger charge is 2.18. The average molecular weight is 690 g/mol. The quantitative estimate of drug-likeness (QED) is 0.102. The Hall–Kier alpha value is -4.03. The Bertz CT molecular complexity index is 1740. The monoisotopic (exact) mass is 688 g/mol. The molecule has 1 atom stereocenters. The first-order chi connectivity index (χ1) is 20.8. The first kappa shape index (κ1) is 30.4. The van der Waals surface area contributed by atoms with Crippen molar-refractivity contribution in [2.24, 2.45) is 0 Å². The SMILES string of the molecule is CC(Sc1ccc(NC(=O)/C(=C/c2cccs2)NC(=O)c2ccccc2)cc1)C(=O)Nc1nc(-c2ccc(Br)cc2)cs1. The number of nitrogens with one attached hydrogen (secondary N) is 3. The summed E-state index contributed by atoms with van der Waals surface area (Å²) in [5, 5.41) is 12.5. The average Bonchev–Trinajstić information content (AvgIpc) is 3.71. The molecule has 2 heterocycles. The van der Waals surface area contributed by atoms with Gasteiger partial charge < -0.3 is 16.0 Å². The Kier molecular flexibility index (Phi) is 10.2. The topological polar surface area (TPSA) is 100 Å². The molecule has 0 aliphatic rings. The number of aromatic nitrogens is 1. The van der Waals surface area contributed by atoms with E-state index in [0.717, 1.165) is 25.5 Å². The van der Waals surface area contributed by atoms with Crippen LogP contribution in [-0.4, -0.2) is 28.0 Å². The molecule has 5 aromatic rings. The van der Waals surface area contributed by atoms with Crippen molar-refractivity contribution in [1.29, 1.82) is 0 Å². The number of hydrogen-bond donors (Lipinski definition) is 3. The molecule has 1 unspecified atom stereocenters. The van der Waals surface area contributed by atoms with Crippen molar-refractivity contribution in [1.82, 2.24) is 10.3 Å². The van der Waals surface area contributed by atoms with Crippen LogP contribution in [0.1, 0.15) is 22.2 Å². The van der Waals surface area contributed by atoms with Gasteiger partial charge in [0.25, 0.3) is 11.8 Å². The number of carbonyl (C=O) groups is 3. The molecule has 3 amide bonds. The fourth-order valence-corrected chi connectivity index (χ4v) is 6.33. The standard InChI is InChI=1S/C32H25BrN4O3S3/c1-20(29(38)37-32-36-28(19-42-32)21-9-11-23(33)12-10-21)43-25-15-13-24(14-16-25)34-31(40)27(18-26-8-5-17-41-26)35-30(39)22-6-3-2-4-7-22/h2-20H,1H3,(H,34,40)(H,35,39)(H,36,37,38)/b27-18-. The van der Waals surface area contributed by atoms with Crippen molar-refractivity contribution in [3.8, 4) is 11.3 Å². The number of carbonyl (C=O) groups excluding carboxylic acids is 3. The number of nitrogens with zero attached hydrogens (tertiary/aromatic N) is 1. The van der Waals surface area contributed by atoms with Crippen molar-refractivity contribution in [2.45, 2.75) is 17.1 Å². The molecule has 2 aromatic heterocycles. The third-order valence-corrected chi connectivity index (χ3v) is 9.24. The lowest BCUT2D eigenvalue weighted by atomic mass is 10.2. The zero-order valence-electron chi connectivity index (χ0n) is 22.7. The van der Waals surface area contributed by atoms with E-state index in [0.29, 0.717) is 16.4 Å². The van der Waals surface area contributed by atoms with Crippen molar-refractivity contribution in [3.05, 3.63) is 122 Å². The Morgan fingerprint density at radius 2 is 1.63 bits per heavy atom. The van der Waals surface area contributed by atoms with E-state index < -0.39 is 5.91 Å². The van der Waals surface area contributed by atoms with Gasteiger partial charge in [0.1, 0.15) is 5.70 Å². The fourth-order valence-electron chi connectivity index (χ4n) is 3.82. The minimum Gasteiger partial charge on any atom is -0.321 e. The number of thiazole rings is 1. The van der Waals surface area contributed by atoms with Crippen LogP contribution in [0.5, 0.6) is 0 Å². The molecule has 3 N–H and O–H groups in total. The van der Waals surface area contributed by atoms with Gasteiger partial charge in [-0.1, -0.05) is 52.3 Å². The zero-order chi connectivity index (χ0) is 30.2. The van der Waals surface area contributed by atoms with Crippen LogP contribution in [0.15, 0.2) is 117 Å². The molecule has 216 valence electrons. The van der Waals surface area contributed by atoms with Gasteiger partial charge in [-0.2, -0.15) is 0 Å². The molecular formula is C32H25BrN4O3S3. The van der Waals surface area contributed by atoms with Gasteiger partial charge in [-0.25, -0.2) is 4.98 Å². The van der Waals surface area contributed by atoms with Gasteiger partial charge in [-0.3, -0.25) is 14.4 Å². The minimum absolute atomic E-state index is 0.130. The van der Waals surface area contributed by atoms with Crippen LogP contribution in [0.2, 0.25) is 0 Å². The third-order valence-electron chi connectivity index (χ3n) is 6.03. The largest absolute Gasteiger partial charge is 0.321 e. The van der Waals surface area contributed by atoms with Gasteiger partial charge in [-0.15, -0.1) is 34.4 Å². The smallest absolute Gasteiger partial charge is 0.272 e. The van der Waals surface area contributed by atoms with E-state index in [2.05, 4.69) is 36.9 Å². The summed E-state index contributed by atoms with van der Waals surface area (Å²) < 4.78 is 0.990. The van der Waals surface area contributed by atoms with Crippen LogP contribution in [0.4, 0.5) is 10.8 Å². The van der Waals surface area contributed by atoms with Gasteiger partial charge in [0.15, 0.2) is 5.13 Å². The Labute approximate surface area is 269 Å². The first-order valence-electron chi connectivity index (χ1n) is 13.1. The van der Waals surface area contributed by atoms with E-state index >= 15 is 0 Å². The lowest BCUT2D eigenvalue weighted by Gasteiger charge is -2.13. The number of benzene rings is 3. The lowest BCUT2D eigenvalue weighted by Crippen LogP contribution is -2.30. The van der Waals surface area contributed by atoms with E-state index in [4.69, 9.17) is 0 Å². The number of anilines is 2. The van der Waals surface area contributed by atoms with Crippen LogP contribution in [0.25, 0.3) is 17.3 Å². The molecule has 0 saturated carbocycles. The van der Waals surface area contributed by atoms with Crippen LogP contribution >= 0.6 is 50.4 Å². The van der Waals surface area contributed by atoms with Gasteiger partial charge in [-0.05, 0) is 73.0 Å². The fraction of sp³-hybridized carbons (Fsp3) is 0.0625. The van der Waals surface area contributed by atoms with Crippen molar-refractivity contribution < 1.29 is 14.4 Å². The van der Waals surface area contributed by atoms with Gasteiger partial charge in [0, 0.05) is 36.4 Å². The molecule has 0 saturated heterocycles. The summed E-state index contributed by atoms with van der Waals surface area (Å²) in [6, 6.07) is 27.5. The van der Waals surface area contributed by atoms with E-state index in [9.17, 15) is 14.4 Å². The number of halogens is 1. The van der Waals surface area contributed by atoms with Crippen LogP contribution < -0.4 is 16.0 Å². The second-order valence-electron chi connectivity index (χ2n) is 9.17. The molecule has 0 fully saturated rings. The Morgan fingerprint density at radius 3 is 2.33 bits per heavy atom. The van der Waals surface area contributed by atoms with Gasteiger partial charge in [0.05, 0.1) is 10.9 Å². The summed E-state index contributed by atoms with van der Waals surface area (Å²) in [7, 11) is 0.